The molecule has 128 valence electrons. The zero-order valence-electron chi connectivity index (χ0n) is 15.0. The van der Waals surface area contributed by atoms with Crippen LogP contribution in [0.1, 0.15) is 63.3 Å². The van der Waals surface area contributed by atoms with Crippen LogP contribution >= 0.6 is 0 Å². The van der Waals surface area contributed by atoms with Gasteiger partial charge in [-0.2, -0.15) is 0 Å². The second kappa shape index (κ2) is 5.91. The quantitative estimate of drug-likeness (QED) is 0.861. The number of likely N-dealkylation sites (tertiary alicyclic amines) is 1. The standard InChI is InChI=1S/C20H27N3O/c1-13-5-4-6-14(2)23(13)19(24)12-15-7-10-18-17(11-15)21-20(22(18)3)16-8-9-16/h7,10-11,13-14,16H,4-6,8-9,12H2,1-3H3. The van der Waals surface area contributed by atoms with E-state index >= 15 is 0 Å². The highest BCUT2D eigenvalue weighted by atomic mass is 16.2. The summed E-state index contributed by atoms with van der Waals surface area (Å²) >= 11 is 0. The Hall–Kier alpha value is -1.84. The molecule has 1 saturated heterocycles. The van der Waals surface area contributed by atoms with Gasteiger partial charge < -0.3 is 9.47 Å². The Bertz CT molecular complexity index is 765. The Balaban J connectivity index is 1.56. The third-order valence-electron chi connectivity index (χ3n) is 5.76. The van der Waals surface area contributed by atoms with E-state index in [9.17, 15) is 4.79 Å². The van der Waals surface area contributed by atoms with Crippen molar-refractivity contribution < 1.29 is 4.79 Å². The van der Waals surface area contributed by atoms with Crippen LogP contribution in [0.15, 0.2) is 18.2 Å². The molecular weight excluding hydrogens is 298 g/mol. The van der Waals surface area contributed by atoms with Crippen molar-refractivity contribution in [1.29, 1.82) is 0 Å². The molecular formula is C20H27N3O. The molecule has 2 atom stereocenters. The molecule has 24 heavy (non-hydrogen) atoms. The molecule has 1 aromatic heterocycles. The minimum Gasteiger partial charge on any atom is -0.337 e. The fourth-order valence-corrected chi connectivity index (χ4v) is 4.26. The third-order valence-corrected chi connectivity index (χ3v) is 5.76. The Kier molecular flexibility index (Phi) is 3.86. The van der Waals surface area contributed by atoms with Gasteiger partial charge in [-0.05, 0) is 63.6 Å². The number of nitrogens with zero attached hydrogens (tertiary/aromatic N) is 3. The van der Waals surface area contributed by atoms with E-state index in [-0.39, 0.29) is 5.91 Å². The van der Waals surface area contributed by atoms with Gasteiger partial charge in [0.05, 0.1) is 17.5 Å². The molecule has 2 aromatic rings. The van der Waals surface area contributed by atoms with E-state index in [0.717, 1.165) is 23.9 Å². The lowest BCUT2D eigenvalue weighted by atomic mass is 9.96. The minimum absolute atomic E-state index is 0.257. The van der Waals surface area contributed by atoms with E-state index in [1.54, 1.807) is 0 Å². The largest absolute Gasteiger partial charge is 0.337 e. The molecule has 1 aliphatic heterocycles. The molecule has 0 spiro atoms. The topological polar surface area (TPSA) is 38.1 Å². The SMILES string of the molecule is CC1CCCC(C)N1C(=O)Cc1ccc2c(c1)nc(C1CC1)n2C. The third kappa shape index (κ3) is 2.72. The van der Waals surface area contributed by atoms with E-state index < -0.39 is 0 Å². The highest BCUT2D eigenvalue weighted by molar-refractivity contribution is 5.82. The van der Waals surface area contributed by atoms with Gasteiger partial charge in [0.2, 0.25) is 5.91 Å². The highest BCUT2D eigenvalue weighted by Gasteiger charge is 2.30. The fraction of sp³-hybridized carbons (Fsp3) is 0.600. The smallest absolute Gasteiger partial charge is 0.227 e. The van der Waals surface area contributed by atoms with E-state index in [4.69, 9.17) is 4.98 Å². The van der Waals surface area contributed by atoms with Crippen LogP contribution < -0.4 is 0 Å². The molecule has 4 heteroatoms. The summed E-state index contributed by atoms with van der Waals surface area (Å²) < 4.78 is 2.22. The van der Waals surface area contributed by atoms with Gasteiger partial charge in [0.25, 0.3) is 0 Å². The number of piperidine rings is 1. The molecule has 0 N–H and O–H groups in total. The molecule has 2 fully saturated rings. The number of imidazole rings is 1. The van der Waals surface area contributed by atoms with Crippen LogP contribution in [0.2, 0.25) is 0 Å². The lowest BCUT2D eigenvalue weighted by molar-refractivity contribution is -0.136. The molecule has 2 unspecified atom stereocenters. The molecule has 4 rings (SSSR count). The Morgan fingerprint density at radius 2 is 1.88 bits per heavy atom. The first-order chi connectivity index (χ1) is 11.5. The van der Waals surface area contributed by atoms with E-state index in [2.05, 4.69) is 48.6 Å². The van der Waals surface area contributed by atoms with Crippen molar-refractivity contribution in [3.63, 3.8) is 0 Å². The molecule has 0 radical (unpaired) electrons. The van der Waals surface area contributed by atoms with Gasteiger partial charge >= 0.3 is 0 Å². The number of hydrogen-bond donors (Lipinski definition) is 0. The van der Waals surface area contributed by atoms with Crippen molar-refractivity contribution in [1.82, 2.24) is 14.5 Å². The first-order valence-electron chi connectivity index (χ1n) is 9.31. The molecule has 2 heterocycles. The van der Waals surface area contributed by atoms with Crippen LogP contribution in [0.5, 0.6) is 0 Å². The summed E-state index contributed by atoms with van der Waals surface area (Å²) in [4.78, 5) is 19.7. The summed E-state index contributed by atoms with van der Waals surface area (Å²) in [5, 5.41) is 0. The van der Waals surface area contributed by atoms with Gasteiger partial charge in [0.15, 0.2) is 0 Å². The lowest BCUT2D eigenvalue weighted by Gasteiger charge is -2.39. The maximum Gasteiger partial charge on any atom is 0.227 e. The molecule has 0 bridgehead atoms. The molecule has 4 nitrogen and oxygen atoms in total. The second-order valence-corrected chi connectivity index (χ2v) is 7.73. The number of amides is 1. The summed E-state index contributed by atoms with van der Waals surface area (Å²) in [5.74, 6) is 2.10. The molecule has 1 aliphatic carbocycles. The van der Waals surface area contributed by atoms with Crippen molar-refractivity contribution in [2.75, 3.05) is 0 Å². The number of fused-ring (bicyclic) bond motifs is 1. The summed E-state index contributed by atoms with van der Waals surface area (Å²) in [7, 11) is 2.10. The highest BCUT2D eigenvalue weighted by Crippen LogP contribution is 2.40. The first-order valence-corrected chi connectivity index (χ1v) is 9.31. The van der Waals surface area contributed by atoms with Gasteiger partial charge in [-0.15, -0.1) is 0 Å². The number of rotatable bonds is 3. The maximum absolute atomic E-state index is 12.8. The summed E-state index contributed by atoms with van der Waals surface area (Å²) in [6, 6.07) is 7.05. The predicted octanol–water partition coefficient (Wildman–Crippen LogP) is 3.78. The van der Waals surface area contributed by atoms with Crippen LogP contribution in [0, 0.1) is 0 Å². The van der Waals surface area contributed by atoms with Crippen molar-refractivity contribution in [2.24, 2.45) is 7.05 Å². The van der Waals surface area contributed by atoms with Gasteiger partial charge in [-0.25, -0.2) is 4.98 Å². The van der Waals surface area contributed by atoms with Crippen LogP contribution in [0.25, 0.3) is 11.0 Å². The Morgan fingerprint density at radius 1 is 1.17 bits per heavy atom. The van der Waals surface area contributed by atoms with Crippen molar-refractivity contribution in [3.8, 4) is 0 Å². The predicted molar refractivity (Wildman–Crippen MR) is 96.0 cm³/mol. The Labute approximate surface area is 143 Å². The maximum atomic E-state index is 12.8. The lowest BCUT2D eigenvalue weighted by Crippen LogP contribution is -2.48. The fourth-order valence-electron chi connectivity index (χ4n) is 4.26. The van der Waals surface area contributed by atoms with Crippen LogP contribution in [-0.2, 0) is 18.3 Å². The van der Waals surface area contributed by atoms with Crippen LogP contribution in [0.3, 0.4) is 0 Å². The summed E-state index contributed by atoms with van der Waals surface area (Å²) in [6.07, 6.45) is 6.48. The van der Waals surface area contributed by atoms with Gasteiger partial charge in [0, 0.05) is 25.0 Å². The van der Waals surface area contributed by atoms with E-state index in [1.165, 1.54) is 30.6 Å². The van der Waals surface area contributed by atoms with Crippen molar-refractivity contribution in [3.05, 3.63) is 29.6 Å². The molecule has 2 aliphatic rings. The van der Waals surface area contributed by atoms with Crippen molar-refractivity contribution >= 4 is 16.9 Å². The normalized spacial score (nSPS) is 24.5. The van der Waals surface area contributed by atoms with Crippen molar-refractivity contribution in [2.45, 2.75) is 70.4 Å². The monoisotopic (exact) mass is 325 g/mol. The number of benzene rings is 1. The first kappa shape index (κ1) is 15.7. The second-order valence-electron chi connectivity index (χ2n) is 7.73. The average Bonchev–Trinajstić information content (AvgIpc) is 3.32. The average molecular weight is 325 g/mol. The number of hydrogen-bond acceptors (Lipinski definition) is 2. The van der Waals surface area contributed by atoms with Gasteiger partial charge in [-0.1, -0.05) is 6.07 Å². The van der Waals surface area contributed by atoms with Gasteiger partial charge in [-0.3, -0.25) is 4.79 Å². The molecule has 1 amide bonds. The number of aryl methyl sites for hydroxylation is 1. The molecule has 1 saturated carbocycles. The van der Waals surface area contributed by atoms with E-state index in [1.807, 2.05) is 0 Å². The number of carbonyl (C=O) groups is 1. The van der Waals surface area contributed by atoms with Crippen LogP contribution in [-0.4, -0.2) is 32.4 Å². The number of aromatic nitrogens is 2. The number of carbonyl (C=O) groups excluding carboxylic acids is 1. The molecule has 1 aromatic carbocycles. The zero-order valence-corrected chi connectivity index (χ0v) is 15.0. The zero-order chi connectivity index (χ0) is 16.8. The van der Waals surface area contributed by atoms with E-state index in [0.29, 0.717) is 24.4 Å². The summed E-state index contributed by atoms with van der Waals surface area (Å²) in [6.45, 7) is 4.36. The summed E-state index contributed by atoms with van der Waals surface area (Å²) in [5.41, 5.74) is 3.29. The van der Waals surface area contributed by atoms with Gasteiger partial charge in [0.1, 0.15) is 5.82 Å². The Morgan fingerprint density at radius 3 is 2.54 bits per heavy atom. The minimum atomic E-state index is 0.257. The van der Waals surface area contributed by atoms with Crippen LogP contribution in [0.4, 0.5) is 0 Å².